The predicted molar refractivity (Wildman–Crippen MR) is 73.6 cm³/mol. The van der Waals surface area contributed by atoms with Crippen LogP contribution < -0.4 is 5.32 Å². The van der Waals surface area contributed by atoms with Gasteiger partial charge in [-0.15, -0.1) is 0 Å². The first-order valence-electron chi connectivity index (χ1n) is 6.37. The van der Waals surface area contributed by atoms with Gasteiger partial charge in [-0.05, 0) is 31.5 Å². The zero-order valence-corrected chi connectivity index (χ0v) is 11.6. The van der Waals surface area contributed by atoms with Crippen LogP contribution in [0.2, 0.25) is 0 Å². The number of aliphatic hydroxyl groups is 1. The molecule has 0 aliphatic rings. The first-order valence-corrected chi connectivity index (χ1v) is 6.37. The third-order valence-electron chi connectivity index (χ3n) is 3.39. The quantitative estimate of drug-likeness (QED) is 0.849. The van der Waals surface area contributed by atoms with Crippen LogP contribution in [0.4, 0.5) is 0 Å². The highest BCUT2D eigenvalue weighted by Gasteiger charge is 2.10. The molecule has 102 valence electrons. The Morgan fingerprint density at radius 1 is 1.32 bits per heavy atom. The van der Waals surface area contributed by atoms with Gasteiger partial charge in [0.25, 0.3) is 0 Å². The summed E-state index contributed by atoms with van der Waals surface area (Å²) < 4.78 is 1.88. The molecule has 2 heterocycles. The van der Waals surface area contributed by atoms with Crippen molar-refractivity contribution in [3.05, 3.63) is 47.0 Å². The summed E-state index contributed by atoms with van der Waals surface area (Å²) in [6, 6.07) is 3.65. The minimum absolute atomic E-state index is 0.512. The summed E-state index contributed by atoms with van der Waals surface area (Å²) in [5.74, 6) is 0. The van der Waals surface area contributed by atoms with E-state index in [1.807, 2.05) is 30.8 Å². The third kappa shape index (κ3) is 3.19. The van der Waals surface area contributed by atoms with Crippen LogP contribution in [0, 0.1) is 13.8 Å². The first-order chi connectivity index (χ1) is 9.09. The number of aromatic nitrogens is 3. The van der Waals surface area contributed by atoms with Crippen LogP contribution in [0.25, 0.3) is 0 Å². The number of pyridine rings is 1. The van der Waals surface area contributed by atoms with E-state index >= 15 is 0 Å². The summed E-state index contributed by atoms with van der Waals surface area (Å²) in [5, 5.41) is 17.7. The maximum absolute atomic E-state index is 10.0. The molecule has 0 fully saturated rings. The van der Waals surface area contributed by atoms with E-state index in [2.05, 4.69) is 22.3 Å². The van der Waals surface area contributed by atoms with Gasteiger partial charge in [-0.3, -0.25) is 9.67 Å². The van der Waals surface area contributed by atoms with Gasteiger partial charge >= 0.3 is 0 Å². The molecule has 2 aromatic rings. The number of hydrogen-bond acceptors (Lipinski definition) is 4. The van der Waals surface area contributed by atoms with E-state index in [9.17, 15) is 5.11 Å². The van der Waals surface area contributed by atoms with E-state index in [4.69, 9.17) is 0 Å². The molecule has 1 unspecified atom stereocenters. The van der Waals surface area contributed by atoms with Gasteiger partial charge in [-0.25, -0.2) is 0 Å². The molecule has 5 nitrogen and oxygen atoms in total. The molecule has 0 amide bonds. The standard InChI is InChI=1S/C14H20N4O/c1-10-13(11(2)18(3)17-10)8-16-9-14(19)12-4-6-15-7-5-12/h4-7,14,16,19H,8-9H2,1-3H3. The van der Waals surface area contributed by atoms with Gasteiger partial charge in [0, 0.05) is 43.8 Å². The Morgan fingerprint density at radius 2 is 2.00 bits per heavy atom. The highest BCUT2D eigenvalue weighted by atomic mass is 16.3. The Bertz CT molecular complexity index is 536. The molecule has 0 radical (unpaired) electrons. The van der Waals surface area contributed by atoms with Crippen LogP contribution in [-0.2, 0) is 13.6 Å². The van der Waals surface area contributed by atoms with Gasteiger partial charge in [0.05, 0.1) is 11.8 Å². The van der Waals surface area contributed by atoms with Crippen LogP contribution in [0.15, 0.2) is 24.5 Å². The van der Waals surface area contributed by atoms with Gasteiger partial charge in [-0.2, -0.15) is 5.10 Å². The van der Waals surface area contributed by atoms with Gasteiger partial charge < -0.3 is 10.4 Å². The lowest BCUT2D eigenvalue weighted by Gasteiger charge is -2.12. The summed E-state index contributed by atoms with van der Waals surface area (Å²) in [6.07, 6.45) is 2.86. The SMILES string of the molecule is Cc1nn(C)c(C)c1CNCC(O)c1ccncc1. The summed E-state index contributed by atoms with van der Waals surface area (Å²) in [7, 11) is 1.94. The number of aliphatic hydroxyl groups excluding tert-OH is 1. The van der Waals surface area contributed by atoms with Gasteiger partial charge in [0.15, 0.2) is 0 Å². The van der Waals surface area contributed by atoms with E-state index in [0.717, 1.165) is 17.0 Å². The normalized spacial score (nSPS) is 12.6. The van der Waals surface area contributed by atoms with Gasteiger partial charge in [0.2, 0.25) is 0 Å². The maximum Gasteiger partial charge on any atom is 0.0915 e. The van der Waals surface area contributed by atoms with Crippen molar-refractivity contribution in [3.8, 4) is 0 Å². The molecule has 2 N–H and O–H groups in total. The second kappa shape index (κ2) is 5.95. The first kappa shape index (κ1) is 13.7. The lowest BCUT2D eigenvalue weighted by atomic mass is 10.1. The van der Waals surface area contributed by atoms with Gasteiger partial charge in [-0.1, -0.05) is 0 Å². The Kier molecular flexibility index (Phi) is 4.29. The summed E-state index contributed by atoms with van der Waals surface area (Å²) in [5.41, 5.74) is 4.26. The predicted octanol–water partition coefficient (Wildman–Crippen LogP) is 1.26. The number of hydrogen-bond donors (Lipinski definition) is 2. The van der Waals surface area contributed by atoms with Crippen molar-refractivity contribution in [2.24, 2.45) is 7.05 Å². The fourth-order valence-electron chi connectivity index (χ4n) is 2.11. The molecule has 0 saturated carbocycles. The number of nitrogens with zero attached hydrogens (tertiary/aromatic N) is 3. The summed E-state index contributed by atoms with van der Waals surface area (Å²) in [6.45, 7) is 5.28. The molecule has 0 aliphatic carbocycles. The Hall–Kier alpha value is -1.72. The van der Waals surface area contributed by atoms with Crippen molar-refractivity contribution >= 4 is 0 Å². The van der Waals surface area contributed by atoms with Crippen LogP contribution in [0.5, 0.6) is 0 Å². The summed E-state index contributed by atoms with van der Waals surface area (Å²) >= 11 is 0. The van der Waals surface area contributed by atoms with Crippen LogP contribution in [0.1, 0.15) is 28.6 Å². The average Bonchev–Trinajstić information content (AvgIpc) is 2.66. The Morgan fingerprint density at radius 3 is 2.58 bits per heavy atom. The maximum atomic E-state index is 10.0. The number of aryl methyl sites for hydroxylation is 2. The zero-order valence-electron chi connectivity index (χ0n) is 11.6. The molecule has 19 heavy (non-hydrogen) atoms. The minimum atomic E-state index is -0.514. The van der Waals surface area contributed by atoms with Crippen molar-refractivity contribution < 1.29 is 5.11 Å². The fraction of sp³-hybridized carbons (Fsp3) is 0.429. The number of nitrogens with one attached hydrogen (secondary N) is 1. The molecule has 0 bridgehead atoms. The molecular weight excluding hydrogens is 240 g/mol. The Balaban J connectivity index is 1.90. The van der Waals surface area contributed by atoms with E-state index in [1.54, 1.807) is 12.4 Å². The van der Waals surface area contributed by atoms with Crippen LogP contribution >= 0.6 is 0 Å². The third-order valence-corrected chi connectivity index (χ3v) is 3.39. The molecule has 1 atom stereocenters. The zero-order chi connectivity index (χ0) is 13.8. The van der Waals surface area contributed by atoms with Crippen molar-refractivity contribution in [2.45, 2.75) is 26.5 Å². The molecule has 2 rings (SSSR count). The molecular formula is C14H20N4O. The van der Waals surface area contributed by atoms with E-state index in [-0.39, 0.29) is 0 Å². The highest BCUT2D eigenvalue weighted by Crippen LogP contribution is 2.13. The highest BCUT2D eigenvalue weighted by molar-refractivity contribution is 5.24. The van der Waals surface area contributed by atoms with Crippen molar-refractivity contribution in [1.82, 2.24) is 20.1 Å². The lowest BCUT2D eigenvalue weighted by Crippen LogP contribution is -2.21. The molecule has 0 aromatic carbocycles. The largest absolute Gasteiger partial charge is 0.387 e. The van der Waals surface area contributed by atoms with Crippen LogP contribution in [0.3, 0.4) is 0 Å². The molecule has 2 aromatic heterocycles. The van der Waals surface area contributed by atoms with E-state index < -0.39 is 6.10 Å². The Labute approximate surface area is 113 Å². The lowest BCUT2D eigenvalue weighted by molar-refractivity contribution is 0.174. The molecule has 0 saturated heterocycles. The van der Waals surface area contributed by atoms with Crippen molar-refractivity contribution in [3.63, 3.8) is 0 Å². The van der Waals surface area contributed by atoms with Crippen LogP contribution in [-0.4, -0.2) is 26.4 Å². The van der Waals surface area contributed by atoms with Crippen molar-refractivity contribution in [1.29, 1.82) is 0 Å². The summed E-state index contributed by atoms with van der Waals surface area (Å²) in [4.78, 5) is 3.94. The molecule has 0 spiro atoms. The topological polar surface area (TPSA) is 63.0 Å². The van der Waals surface area contributed by atoms with Crippen molar-refractivity contribution in [2.75, 3.05) is 6.54 Å². The average molecular weight is 260 g/mol. The van der Waals surface area contributed by atoms with E-state index in [1.165, 1.54) is 5.56 Å². The minimum Gasteiger partial charge on any atom is -0.387 e. The smallest absolute Gasteiger partial charge is 0.0915 e. The van der Waals surface area contributed by atoms with E-state index in [0.29, 0.717) is 13.1 Å². The second-order valence-electron chi connectivity index (χ2n) is 4.70. The number of rotatable bonds is 5. The molecule has 5 heteroatoms. The second-order valence-corrected chi connectivity index (χ2v) is 4.70. The fourth-order valence-corrected chi connectivity index (χ4v) is 2.11. The van der Waals surface area contributed by atoms with Gasteiger partial charge in [0.1, 0.15) is 0 Å². The monoisotopic (exact) mass is 260 g/mol. The molecule has 0 aliphatic heterocycles.